The number of aryl methyl sites for hydroxylation is 1. The molecule has 3 N–H and O–H groups in total. The molecular weight excluding hydrogens is 258 g/mol. The first-order valence-corrected chi connectivity index (χ1v) is 6.45. The average Bonchev–Trinajstić information content (AvgIpc) is 2.25. The van der Waals surface area contributed by atoms with Gasteiger partial charge in [0.1, 0.15) is 5.82 Å². The Morgan fingerprint density at radius 3 is 2.45 bits per heavy atom. The van der Waals surface area contributed by atoms with Crippen LogP contribution in [0.2, 0.25) is 0 Å². The van der Waals surface area contributed by atoms with Gasteiger partial charge in [0, 0.05) is 18.5 Å². The molecule has 1 aromatic heterocycles. The molecule has 0 aliphatic heterocycles. The third kappa shape index (κ3) is 5.26. The van der Waals surface area contributed by atoms with Gasteiger partial charge in [-0.25, -0.2) is 9.78 Å². The Labute approximate surface area is 118 Å². The third-order valence-electron chi connectivity index (χ3n) is 2.49. The molecule has 0 aliphatic carbocycles. The smallest absolute Gasteiger partial charge is 0.337 e. The van der Waals surface area contributed by atoms with Crippen molar-refractivity contribution in [3.05, 3.63) is 23.4 Å². The highest BCUT2D eigenvalue weighted by atomic mass is 16.4. The van der Waals surface area contributed by atoms with Crippen molar-refractivity contribution in [2.24, 2.45) is 0 Å². The van der Waals surface area contributed by atoms with Crippen LogP contribution in [-0.4, -0.2) is 34.1 Å². The highest BCUT2D eigenvalue weighted by Gasteiger charge is 2.13. The summed E-state index contributed by atoms with van der Waals surface area (Å²) in [5.41, 5.74) is 0.386. The van der Waals surface area contributed by atoms with E-state index in [1.807, 2.05) is 20.8 Å². The van der Waals surface area contributed by atoms with Crippen LogP contribution in [0.3, 0.4) is 0 Å². The van der Waals surface area contributed by atoms with Gasteiger partial charge in [0.2, 0.25) is 5.91 Å². The number of aromatic nitrogens is 1. The maximum atomic E-state index is 11.6. The zero-order valence-electron chi connectivity index (χ0n) is 12.3. The van der Waals surface area contributed by atoms with Crippen LogP contribution >= 0.6 is 0 Å². The maximum absolute atomic E-state index is 11.6. The molecular formula is C14H21N3O3. The molecule has 0 saturated carbocycles. The van der Waals surface area contributed by atoms with E-state index in [9.17, 15) is 9.59 Å². The van der Waals surface area contributed by atoms with Crippen LogP contribution in [0.4, 0.5) is 5.82 Å². The van der Waals surface area contributed by atoms with Gasteiger partial charge in [0.15, 0.2) is 0 Å². The highest BCUT2D eigenvalue weighted by Crippen LogP contribution is 2.10. The molecule has 1 aromatic rings. The van der Waals surface area contributed by atoms with Crippen molar-refractivity contribution in [2.45, 2.75) is 39.7 Å². The van der Waals surface area contributed by atoms with Gasteiger partial charge in [-0.15, -0.1) is 0 Å². The first kappa shape index (κ1) is 15.9. The second kappa shape index (κ2) is 6.36. The van der Waals surface area contributed by atoms with E-state index in [2.05, 4.69) is 15.6 Å². The Balaban J connectivity index is 2.49. The van der Waals surface area contributed by atoms with E-state index >= 15 is 0 Å². The summed E-state index contributed by atoms with van der Waals surface area (Å²) in [4.78, 5) is 26.6. The van der Waals surface area contributed by atoms with Gasteiger partial charge in [-0.1, -0.05) is 0 Å². The van der Waals surface area contributed by atoms with Crippen molar-refractivity contribution >= 4 is 17.7 Å². The Morgan fingerprint density at radius 2 is 1.95 bits per heavy atom. The van der Waals surface area contributed by atoms with E-state index in [4.69, 9.17) is 5.11 Å². The number of carbonyl (C=O) groups excluding carboxylic acids is 1. The van der Waals surface area contributed by atoms with E-state index in [0.29, 0.717) is 24.5 Å². The van der Waals surface area contributed by atoms with Crippen LogP contribution in [0.5, 0.6) is 0 Å². The molecule has 1 heterocycles. The summed E-state index contributed by atoms with van der Waals surface area (Å²) in [7, 11) is 0. The fraction of sp³-hybridized carbons (Fsp3) is 0.500. The van der Waals surface area contributed by atoms with Crippen LogP contribution in [0, 0.1) is 6.92 Å². The van der Waals surface area contributed by atoms with Gasteiger partial charge in [0.25, 0.3) is 0 Å². The fourth-order valence-corrected chi connectivity index (χ4v) is 1.67. The predicted octanol–water partition coefficient (Wildman–Crippen LogP) is 1.80. The summed E-state index contributed by atoms with van der Waals surface area (Å²) in [5, 5.41) is 14.8. The molecule has 110 valence electrons. The summed E-state index contributed by atoms with van der Waals surface area (Å²) < 4.78 is 0. The Morgan fingerprint density at radius 1 is 1.30 bits per heavy atom. The highest BCUT2D eigenvalue weighted by molar-refractivity contribution is 5.89. The van der Waals surface area contributed by atoms with E-state index in [0.717, 1.165) is 0 Å². The summed E-state index contributed by atoms with van der Waals surface area (Å²) in [6.07, 6.45) is 0.332. The van der Waals surface area contributed by atoms with Crippen molar-refractivity contribution in [2.75, 3.05) is 11.9 Å². The lowest BCUT2D eigenvalue weighted by Crippen LogP contribution is -2.41. The van der Waals surface area contributed by atoms with Gasteiger partial charge in [-0.3, -0.25) is 4.79 Å². The molecule has 1 amide bonds. The number of pyridine rings is 1. The van der Waals surface area contributed by atoms with Gasteiger partial charge in [-0.05, 0) is 39.8 Å². The standard InChI is InChI=1S/C14H21N3O3/c1-9-10(13(19)20)5-6-11(16-9)15-8-7-12(18)17-14(2,3)4/h5-6H,7-8H2,1-4H3,(H,15,16)(H,17,18)(H,19,20). The lowest BCUT2D eigenvalue weighted by Gasteiger charge is -2.20. The average molecular weight is 279 g/mol. The van der Waals surface area contributed by atoms with Crippen LogP contribution in [-0.2, 0) is 4.79 Å². The molecule has 0 unspecified atom stereocenters. The molecule has 0 fully saturated rings. The van der Waals surface area contributed by atoms with Gasteiger partial charge in [0.05, 0.1) is 11.3 Å². The summed E-state index contributed by atoms with van der Waals surface area (Å²) >= 11 is 0. The number of carboxylic acid groups (broad SMARTS) is 1. The van der Waals surface area contributed by atoms with Crippen LogP contribution in [0.15, 0.2) is 12.1 Å². The normalized spacial score (nSPS) is 11.0. The van der Waals surface area contributed by atoms with Crippen molar-refractivity contribution in [3.63, 3.8) is 0 Å². The summed E-state index contributed by atoms with van der Waals surface area (Å²) in [6.45, 7) is 7.86. The number of carboxylic acids is 1. The monoisotopic (exact) mass is 279 g/mol. The van der Waals surface area contributed by atoms with E-state index < -0.39 is 5.97 Å². The van der Waals surface area contributed by atoms with Gasteiger partial charge in [-0.2, -0.15) is 0 Å². The molecule has 20 heavy (non-hydrogen) atoms. The number of hydrogen-bond donors (Lipinski definition) is 3. The quantitative estimate of drug-likeness (QED) is 0.764. The van der Waals surface area contributed by atoms with Crippen LogP contribution in [0.25, 0.3) is 0 Å². The molecule has 0 radical (unpaired) electrons. The van der Waals surface area contributed by atoms with Crippen molar-refractivity contribution < 1.29 is 14.7 Å². The van der Waals surface area contributed by atoms with Crippen molar-refractivity contribution in [3.8, 4) is 0 Å². The molecule has 6 heteroatoms. The zero-order valence-corrected chi connectivity index (χ0v) is 12.3. The second-order valence-corrected chi connectivity index (χ2v) is 5.61. The molecule has 0 saturated heterocycles. The van der Waals surface area contributed by atoms with Crippen molar-refractivity contribution in [1.82, 2.24) is 10.3 Å². The molecule has 0 bridgehead atoms. The molecule has 0 aliphatic rings. The van der Waals surface area contributed by atoms with E-state index in [-0.39, 0.29) is 17.0 Å². The largest absolute Gasteiger partial charge is 0.478 e. The molecule has 0 spiro atoms. The third-order valence-corrected chi connectivity index (χ3v) is 2.49. The Kier molecular flexibility index (Phi) is 5.07. The fourth-order valence-electron chi connectivity index (χ4n) is 1.67. The number of anilines is 1. The number of amides is 1. The van der Waals surface area contributed by atoms with Crippen LogP contribution in [0.1, 0.15) is 43.2 Å². The van der Waals surface area contributed by atoms with Gasteiger partial charge >= 0.3 is 5.97 Å². The van der Waals surface area contributed by atoms with E-state index in [1.54, 1.807) is 13.0 Å². The first-order chi connectivity index (χ1) is 9.19. The lowest BCUT2D eigenvalue weighted by molar-refractivity contribution is -0.122. The Bertz CT molecular complexity index is 507. The topological polar surface area (TPSA) is 91.3 Å². The molecule has 6 nitrogen and oxygen atoms in total. The number of hydrogen-bond acceptors (Lipinski definition) is 4. The maximum Gasteiger partial charge on any atom is 0.337 e. The summed E-state index contributed by atoms with van der Waals surface area (Å²) in [6, 6.07) is 3.10. The van der Waals surface area contributed by atoms with Crippen molar-refractivity contribution in [1.29, 1.82) is 0 Å². The molecule has 1 rings (SSSR count). The molecule has 0 aromatic carbocycles. The van der Waals surface area contributed by atoms with Gasteiger partial charge < -0.3 is 15.7 Å². The number of nitrogens with one attached hydrogen (secondary N) is 2. The Hall–Kier alpha value is -2.11. The predicted molar refractivity (Wildman–Crippen MR) is 76.9 cm³/mol. The van der Waals surface area contributed by atoms with E-state index in [1.165, 1.54) is 6.07 Å². The minimum absolute atomic E-state index is 0.0381. The zero-order chi connectivity index (χ0) is 15.3. The number of carbonyl (C=O) groups is 2. The lowest BCUT2D eigenvalue weighted by atomic mass is 10.1. The number of rotatable bonds is 5. The minimum atomic E-state index is -0.994. The summed E-state index contributed by atoms with van der Waals surface area (Å²) in [5.74, 6) is -0.467. The SMILES string of the molecule is Cc1nc(NCCC(=O)NC(C)(C)C)ccc1C(=O)O. The molecule has 0 atom stereocenters. The minimum Gasteiger partial charge on any atom is -0.478 e. The number of aromatic carboxylic acids is 1. The second-order valence-electron chi connectivity index (χ2n) is 5.61. The first-order valence-electron chi connectivity index (χ1n) is 6.45. The number of nitrogens with zero attached hydrogens (tertiary/aromatic N) is 1. The van der Waals surface area contributed by atoms with Crippen LogP contribution < -0.4 is 10.6 Å².